The topological polar surface area (TPSA) is 36.3 Å². The second-order valence-electron chi connectivity index (χ2n) is 5.49. The standard InChI is InChI=1S/C18H17ClN2O/c19-16-7-6-15(12-20)18(11-16)22-17-5-3-4-14(10-17)13-21-8-1-2-9-21/h3-7,10-11H,1-2,8-9,13H2. The fraction of sp³-hybridized carbons (Fsp3) is 0.278. The van der Waals surface area contributed by atoms with Gasteiger partial charge in [0.1, 0.15) is 17.6 Å². The number of hydrogen-bond donors (Lipinski definition) is 0. The summed E-state index contributed by atoms with van der Waals surface area (Å²) in [6.07, 6.45) is 2.56. The van der Waals surface area contributed by atoms with E-state index in [4.69, 9.17) is 21.6 Å². The van der Waals surface area contributed by atoms with E-state index in [1.54, 1.807) is 18.2 Å². The van der Waals surface area contributed by atoms with Gasteiger partial charge in [0, 0.05) is 17.6 Å². The van der Waals surface area contributed by atoms with E-state index in [1.165, 1.54) is 18.4 Å². The number of halogens is 1. The van der Waals surface area contributed by atoms with E-state index in [-0.39, 0.29) is 0 Å². The minimum atomic E-state index is 0.481. The molecule has 3 rings (SSSR count). The summed E-state index contributed by atoms with van der Waals surface area (Å²) < 4.78 is 5.86. The molecule has 0 spiro atoms. The Labute approximate surface area is 135 Å². The lowest BCUT2D eigenvalue weighted by Gasteiger charge is -2.15. The second-order valence-corrected chi connectivity index (χ2v) is 5.92. The molecule has 0 aliphatic carbocycles. The summed E-state index contributed by atoms with van der Waals surface area (Å²) in [7, 11) is 0. The van der Waals surface area contributed by atoms with Crippen LogP contribution in [0.2, 0.25) is 5.02 Å². The maximum atomic E-state index is 9.15. The molecule has 0 bridgehead atoms. The smallest absolute Gasteiger partial charge is 0.146 e. The van der Waals surface area contributed by atoms with Crippen molar-refractivity contribution in [3.05, 3.63) is 58.6 Å². The van der Waals surface area contributed by atoms with Crippen LogP contribution in [-0.2, 0) is 6.54 Å². The van der Waals surface area contributed by atoms with Gasteiger partial charge in [-0.1, -0.05) is 23.7 Å². The van der Waals surface area contributed by atoms with Crippen LogP contribution in [0.5, 0.6) is 11.5 Å². The Morgan fingerprint density at radius 2 is 1.95 bits per heavy atom. The van der Waals surface area contributed by atoms with Crippen LogP contribution < -0.4 is 4.74 Å². The number of likely N-dealkylation sites (tertiary alicyclic amines) is 1. The van der Waals surface area contributed by atoms with E-state index in [0.717, 1.165) is 25.4 Å². The van der Waals surface area contributed by atoms with Crippen molar-refractivity contribution < 1.29 is 4.74 Å². The number of ether oxygens (including phenoxy) is 1. The van der Waals surface area contributed by atoms with E-state index in [9.17, 15) is 0 Å². The predicted molar refractivity (Wildman–Crippen MR) is 87.2 cm³/mol. The fourth-order valence-electron chi connectivity index (χ4n) is 2.71. The Balaban J connectivity index is 1.78. The molecule has 2 aromatic carbocycles. The third-order valence-electron chi connectivity index (χ3n) is 3.80. The van der Waals surface area contributed by atoms with Gasteiger partial charge in [0.2, 0.25) is 0 Å². The molecular formula is C18H17ClN2O. The van der Waals surface area contributed by atoms with Crippen molar-refractivity contribution in [2.45, 2.75) is 19.4 Å². The SMILES string of the molecule is N#Cc1ccc(Cl)cc1Oc1cccc(CN2CCCC2)c1. The minimum absolute atomic E-state index is 0.481. The van der Waals surface area contributed by atoms with Crippen LogP contribution in [0.15, 0.2) is 42.5 Å². The van der Waals surface area contributed by atoms with Crippen LogP contribution in [0.4, 0.5) is 0 Å². The van der Waals surface area contributed by atoms with Crippen LogP contribution >= 0.6 is 11.6 Å². The highest BCUT2D eigenvalue weighted by Crippen LogP contribution is 2.28. The van der Waals surface area contributed by atoms with Gasteiger partial charge in [0.05, 0.1) is 5.56 Å². The molecule has 3 nitrogen and oxygen atoms in total. The van der Waals surface area contributed by atoms with Crippen molar-refractivity contribution in [1.29, 1.82) is 5.26 Å². The zero-order chi connectivity index (χ0) is 15.4. The van der Waals surface area contributed by atoms with E-state index in [2.05, 4.69) is 17.0 Å². The third kappa shape index (κ3) is 3.59. The first-order chi connectivity index (χ1) is 10.7. The zero-order valence-electron chi connectivity index (χ0n) is 12.3. The van der Waals surface area contributed by atoms with Gasteiger partial charge in [-0.25, -0.2) is 0 Å². The molecule has 22 heavy (non-hydrogen) atoms. The highest BCUT2D eigenvalue weighted by molar-refractivity contribution is 6.30. The number of nitriles is 1. The Kier molecular flexibility index (Phi) is 4.62. The summed E-state index contributed by atoms with van der Waals surface area (Å²) in [4.78, 5) is 2.44. The number of hydrogen-bond acceptors (Lipinski definition) is 3. The minimum Gasteiger partial charge on any atom is -0.456 e. The molecule has 0 aromatic heterocycles. The number of nitrogens with zero attached hydrogens (tertiary/aromatic N) is 2. The Bertz CT molecular complexity index is 702. The third-order valence-corrected chi connectivity index (χ3v) is 4.03. The van der Waals surface area contributed by atoms with Crippen LogP contribution in [-0.4, -0.2) is 18.0 Å². The molecule has 4 heteroatoms. The molecule has 1 heterocycles. The maximum absolute atomic E-state index is 9.15. The van der Waals surface area contributed by atoms with Crippen LogP contribution in [0, 0.1) is 11.3 Å². The van der Waals surface area contributed by atoms with Gasteiger partial charge in [-0.3, -0.25) is 4.90 Å². The van der Waals surface area contributed by atoms with E-state index < -0.39 is 0 Å². The monoisotopic (exact) mass is 312 g/mol. The van der Waals surface area contributed by atoms with E-state index >= 15 is 0 Å². The fourth-order valence-corrected chi connectivity index (χ4v) is 2.87. The van der Waals surface area contributed by atoms with E-state index in [1.807, 2.05) is 18.2 Å². The van der Waals surface area contributed by atoms with Crippen molar-refractivity contribution in [2.75, 3.05) is 13.1 Å². The Morgan fingerprint density at radius 1 is 1.14 bits per heavy atom. The molecule has 0 atom stereocenters. The average molecular weight is 313 g/mol. The molecule has 1 aliphatic heterocycles. The van der Waals surface area contributed by atoms with Crippen LogP contribution in [0.25, 0.3) is 0 Å². The lowest BCUT2D eigenvalue weighted by atomic mass is 10.2. The van der Waals surface area contributed by atoms with Crippen molar-refractivity contribution in [2.24, 2.45) is 0 Å². The summed E-state index contributed by atoms with van der Waals surface area (Å²) in [6, 6.07) is 15.2. The summed E-state index contributed by atoms with van der Waals surface area (Å²) in [6.45, 7) is 3.27. The molecule has 0 radical (unpaired) electrons. The highest BCUT2D eigenvalue weighted by Gasteiger charge is 2.12. The summed E-state index contributed by atoms with van der Waals surface area (Å²) >= 11 is 5.99. The number of rotatable bonds is 4. The van der Waals surface area contributed by atoms with Gasteiger partial charge in [-0.2, -0.15) is 5.26 Å². The molecule has 0 unspecified atom stereocenters. The first kappa shape index (κ1) is 14.9. The summed E-state index contributed by atoms with van der Waals surface area (Å²) in [5.41, 5.74) is 1.70. The van der Waals surface area contributed by atoms with Gasteiger partial charge in [-0.15, -0.1) is 0 Å². The van der Waals surface area contributed by atoms with Crippen molar-refractivity contribution >= 4 is 11.6 Å². The summed E-state index contributed by atoms with van der Waals surface area (Å²) in [5.74, 6) is 1.23. The van der Waals surface area contributed by atoms with Crippen LogP contribution in [0.3, 0.4) is 0 Å². The van der Waals surface area contributed by atoms with Gasteiger partial charge >= 0.3 is 0 Å². The molecule has 2 aromatic rings. The molecule has 0 amide bonds. The molecular weight excluding hydrogens is 296 g/mol. The molecule has 0 N–H and O–H groups in total. The maximum Gasteiger partial charge on any atom is 0.146 e. The lowest BCUT2D eigenvalue weighted by Crippen LogP contribution is -2.18. The first-order valence-electron chi connectivity index (χ1n) is 7.43. The molecule has 1 saturated heterocycles. The van der Waals surface area contributed by atoms with Gasteiger partial charge in [-0.05, 0) is 55.8 Å². The van der Waals surface area contributed by atoms with Crippen molar-refractivity contribution in [1.82, 2.24) is 4.90 Å². The van der Waals surface area contributed by atoms with E-state index in [0.29, 0.717) is 16.3 Å². The van der Waals surface area contributed by atoms with Gasteiger partial charge < -0.3 is 4.74 Å². The van der Waals surface area contributed by atoms with Gasteiger partial charge in [0.25, 0.3) is 0 Å². The summed E-state index contributed by atoms with van der Waals surface area (Å²) in [5, 5.41) is 9.71. The average Bonchev–Trinajstić information content (AvgIpc) is 3.01. The van der Waals surface area contributed by atoms with Crippen molar-refractivity contribution in [3.8, 4) is 17.6 Å². The van der Waals surface area contributed by atoms with Gasteiger partial charge in [0.15, 0.2) is 0 Å². The lowest BCUT2D eigenvalue weighted by molar-refractivity contribution is 0.331. The first-order valence-corrected chi connectivity index (χ1v) is 7.81. The zero-order valence-corrected chi connectivity index (χ0v) is 13.0. The molecule has 0 saturated carbocycles. The van der Waals surface area contributed by atoms with Crippen molar-refractivity contribution in [3.63, 3.8) is 0 Å². The Hall–Kier alpha value is -2.02. The largest absolute Gasteiger partial charge is 0.456 e. The number of benzene rings is 2. The second kappa shape index (κ2) is 6.83. The molecule has 112 valence electrons. The quantitative estimate of drug-likeness (QED) is 0.827. The predicted octanol–water partition coefficient (Wildman–Crippen LogP) is 4.60. The molecule has 1 fully saturated rings. The Morgan fingerprint density at radius 3 is 2.73 bits per heavy atom. The van der Waals surface area contributed by atoms with Crippen LogP contribution in [0.1, 0.15) is 24.0 Å². The highest BCUT2D eigenvalue weighted by atomic mass is 35.5. The normalized spacial score (nSPS) is 14.7. The molecule has 1 aliphatic rings.